The SMILES string of the molecule is CN=C(NCc1ccc(Br)s1)NCC1CCCN(C)C1c1cccs1. The van der Waals surface area contributed by atoms with Gasteiger partial charge in [-0.05, 0) is 71.9 Å². The fourth-order valence-electron chi connectivity index (χ4n) is 3.45. The third kappa shape index (κ3) is 5.06. The summed E-state index contributed by atoms with van der Waals surface area (Å²) in [5, 5.41) is 9.14. The highest BCUT2D eigenvalue weighted by atomic mass is 79.9. The van der Waals surface area contributed by atoms with E-state index >= 15 is 0 Å². The van der Waals surface area contributed by atoms with Crippen molar-refractivity contribution in [3.63, 3.8) is 0 Å². The average molecular weight is 441 g/mol. The fourth-order valence-corrected chi connectivity index (χ4v) is 5.85. The Morgan fingerprint density at radius 1 is 1.36 bits per heavy atom. The highest BCUT2D eigenvalue weighted by Crippen LogP contribution is 2.36. The van der Waals surface area contributed by atoms with Gasteiger partial charge in [-0.3, -0.25) is 9.89 Å². The predicted octanol–water partition coefficient (Wildman–Crippen LogP) is 4.32. The van der Waals surface area contributed by atoms with Crippen LogP contribution in [-0.2, 0) is 6.54 Å². The molecule has 7 heteroatoms. The topological polar surface area (TPSA) is 39.7 Å². The molecule has 2 aromatic rings. The standard InChI is InChI=1S/C18H25BrN4S2/c1-20-18(22-12-14-7-8-16(19)25-14)21-11-13-5-3-9-23(2)17(13)15-6-4-10-24-15/h4,6-8,10,13,17H,3,5,9,11-12H2,1-2H3,(H2,20,21,22). The van der Waals surface area contributed by atoms with E-state index in [4.69, 9.17) is 0 Å². The second kappa shape index (κ2) is 9.16. The minimum absolute atomic E-state index is 0.507. The number of aliphatic imine (C=N–C) groups is 1. The van der Waals surface area contributed by atoms with Crippen molar-refractivity contribution in [1.29, 1.82) is 0 Å². The summed E-state index contributed by atoms with van der Waals surface area (Å²) in [6.45, 7) is 2.93. The number of likely N-dealkylation sites (tertiary alicyclic amines) is 1. The molecule has 0 radical (unpaired) electrons. The van der Waals surface area contributed by atoms with Gasteiger partial charge in [0.15, 0.2) is 5.96 Å². The molecular weight excluding hydrogens is 416 g/mol. The lowest BCUT2D eigenvalue weighted by molar-refractivity contribution is 0.125. The first kappa shape index (κ1) is 18.9. The average Bonchev–Trinajstić information content (AvgIpc) is 3.27. The maximum Gasteiger partial charge on any atom is 0.191 e. The van der Waals surface area contributed by atoms with E-state index in [1.54, 1.807) is 11.3 Å². The van der Waals surface area contributed by atoms with Crippen LogP contribution in [0.15, 0.2) is 38.4 Å². The van der Waals surface area contributed by atoms with Crippen LogP contribution >= 0.6 is 38.6 Å². The maximum absolute atomic E-state index is 4.38. The van der Waals surface area contributed by atoms with Crippen LogP contribution < -0.4 is 10.6 Å². The molecule has 0 amide bonds. The highest BCUT2D eigenvalue weighted by molar-refractivity contribution is 9.11. The van der Waals surface area contributed by atoms with E-state index < -0.39 is 0 Å². The van der Waals surface area contributed by atoms with Gasteiger partial charge in [0.05, 0.1) is 10.3 Å². The molecule has 25 heavy (non-hydrogen) atoms. The number of nitrogens with zero attached hydrogens (tertiary/aromatic N) is 2. The van der Waals surface area contributed by atoms with Gasteiger partial charge in [-0.15, -0.1) is 22.7 Å². The lowest BCUT2D eigenvalue weighted by Crippen LogP contribution is -2.44. The molecule has 2 aromatic heterocycles. The van der Waals surface area contributed by atoms with Crippen LogP contribution in [-0.4, -0.2) is 38.0 Å². The van der Waals surface area contributed by atoms with Crippen LogP contribution in [0.3, 0.4) is 0 Å². The Kier molecular flexibility index (Phi) is 6.92. The number of hydrogen-bond acceptors (Lipinski definition) is 4. The number of halogens is 1. The van der Waals surface area contributed by atoms with Gasteiger partial charge in [-0.1, -0.05) is 6.07 Å². The summed E-state index contributed by atoms with van der Waals surface area (Å²) in [6.07, 6.45) is 2.52. The molecule has 1 aliphatic heterocycles. The van der Waals surface area contributed by atoms with Crippen LogP contribution in [0.5, 0.6) is 0 Å². The summed E-state index contributed by atoms with van der Waals surface area (Å²) in [4.78, 5) is 9.65. The van der Waals surface area contributed by atoms with Crippen LogP contribution in [0.1, 0.15) is 28.6 Å². The zero-order valence-electron chi connectivity index (χ0n) is 14.7. The molecule has 2 N–H and O–H groups in total. The largest absolute Gasteiger partial charge is 0.356 e. The van der Waals surface area contributed by atoms with Gasteiger partial charge in [0.2, 0.25) is 0 Å². The zero-order valence-corrected chi connectivity index (χ0v) is 17.9. The molecular formula is C18H25BrN4S2. The molecule has 0 spiro atoms. The van der Waals surface area contributed by atoms with E-state index in [0.29, 0.717) is 12.0 Å². The van der Waals surface area contributed by atoms with Crippen molar-refractivity contribution in [2.45, 2.75) is 25.4 Å². The van der Waals surface area contributed by atoms with E-state index in [1.165, 1.54) is 29.1 Å². The summed E-state index contributed by atoms with van der Waals surface area (Å²) in [5.74, 6) is 1.48. The molecule has 3 heterocycles. The van der Waals surface area contributed by atoms with Crippen LogP contribution in [0.4, 0.5) is 0 Å². The van der Waals surface area contributed by atoms with Gasteiger partial charge < -0.3 is 10.6 Å². The van der Waals surface area contributed by atoms with Crippen LogP contribution in [0.25, 0.3) is 0 Å². The van der Waals surface area contributed by atoms with Crippen molar-refractivity contribution in [2.24, 2.45) is 10.9 Å². The molecule has 136 valence electrons. The van der Waals surface area contributed by atoms with E-state index in [1.807, 2.05) is 18.4 Å². The number of guanidine groups is 1. The minimum Gasteiger partial charge on any atom is -0.356 e. The van der Waals surface area contributed by atoms with Crippen molar-refractivity contribution >= 4 is 44.6 Å². The number of nitrogens with one attached hydrogen (secondary N) is 2. The summed E-state index contributed by atoms with van der Waals surface area (Å²) in [5.41, 5.74) is 0. The van der Waals surface area contributed by atoms with Crippen molar-refractivity contribution in [1.82, 2.24) is 15.5 Å². The Morgan fingerprint density at radius 2 is 2.24 bits per heavy atom. The molecule has 2 atom stereocenters. The van der Waals surface area contributed by atoms with Crippen LogP contribution in [0, 0.1) is 5.92 Å². The Balaban J connectivity index is 1.56. The van der Waals surface area contributed by atoms with Crippen molar-refractivity contribution in [3.8, 4) is 0 Å². The van der Waals surface area contributed by atoms with Gasteiger partial charge in [0.25, 0.3) is 0 Å². The first-order chi connectivity index (χ1) is 12.2. The van der Waals surface area contributed by atoms with Gasteiger partial charge in [-0.2, -0.15) is 0 Å². The van der Waals surface area contributed by atoms with Crippen molar-refractivity contribution in [3.05, 3.63) is 43.2 Å². The quantitative estimate of drug-likeness (QED) is 0.536. The van der Waals surface area contributed by atoms with E-state index in [9.17, 15) is 0 Å². The zero-order chi connectivity index (χ0) is 17.6. The van der Waals surface area contributed by atoms with Gasteiger partial charge in [-0.25, -0.2) is 0 Å². The second-order valence-electron chi connectivity index (χ2n) is 6.36. The number of rotatable bonds is 5. The Morgan fingerprint density at radius 3 is 2.92 bits per heavy atom. The number of hydrogen-bond donors (Lipinski definition) is 2. The summed E-state index contributed by atoms with van der Waals surface area (Å²) in [7, 11) is 4.09. The molecule has 0 aromatic carbocycles. The van der Waals surface area contributed by atoms with E-state index in [0.717, 1.165) is 22.8 Å². The summed E-state index contributed by atoms with van der Waals surface area (Å²) >= 11 is 7.13. The van der Waals surface area contributed by atoms with E-state index in [-0.39, 0.29) is 0 Å². The monoisotopic (exact) mass is 440 g/mol. The Hall–Kier alpha value is -0.890. The normalized spacial score (nSPS) is 22.1. The highest BCUT2D eigenvalue weighted by Gasteiger charge is 2.31. The first-order valence-electron chi connectivity index (χ1n) is 8.59. The molecule has 1 fully saturated rings. The molecule has 1 aliphatic rings. The molecule has 1 saturated heterocycles. The predicted molar refractivity (Wildman–Crippen MR) is 113 cm³/mol. The van der Waals surface area contributed by atoms with Gasteiger partial charge in [0.1, 0.15) is 0 Å². The van der Waals surface area contributed by atoms with Gasteiger partial charge in [0, 0.05) is 29.4 Å². The third-order valence-electron chi connectivity index (χ3n) is 4.66. The number of thiophene rings is 2. The lowest BCUT2D eigenvalue weighted by atomic mass is 9.88. The molecule has 3 rings (SSSR count). The molecule has 0 aliphatic carbocycles. The molecule has 4 nitrogen and oxygen atoms in total. The maximum atomic E-state index is 4.38. The molecule has 0 bridgehead atoms. The summed E-state index contributed by atoms with van der Waals surface area (Å²) < 4.78 is 1.16. The minimum atomic E-state index is 0.507. The Labute approximate surface area is 166 Å². The van der Waals surface area contributed by atoms with Gasteiger partial charge >= 0.3 is 0 Å². The molecule has 0 saturated carbocycles. The summed E-state index contributed by atoms with van der Waals surface area (Å²) in [6, 6.07) is 9.16. The van der Waals surface area contributed by atoms with E-state index in [2.05, 4.69) is 73.1 Å². The smallest absolute Gasteiger partial charge is 0.191 e. The third-order valence-corrected chi connectivity index (χ3v) is 7.22. The Bertz CT molecular complexity index is 683. The molecule has 2 unspecified atom stereocenters. The first-order valence-corrected chi connectivity index (χ1v) is 11.1. The fraction of sp³-hybridized carbons (Fsp3) is 0.500. The van der Waals surface area contributed by atoms with Crippen LogP contribution in [0.2, 0.25) is 0 Å². The van der Waals surface area contributed by atoms with Crippen molar-refractivity contribution < 1.29 is 0 Å². The number of piperidine rings is 1. The van der Waals surface area contributed by atoms with Crippen molar-refractivity contribution in [2.75, 3.05) is 27.2 Å². The lowest BCUT2D eigenvalue weighted by Gasteiger charge is -2.39. The second-order valence-corrected chi connectivity index (χ2v) is 9.88.